The van der Waals surface area contributed by atoms with E-state index in [9.17, 15) is 14.0 Å². The van der Waals surface area contributed by atoms with Gasteiger partial charge in [-0.2, -0.15) is 28.4 Å². The summed E-state index contributed by atoms with van der Waals surface area (Å²) in [6.45, 7) is -0.855. The fourth-order valence-corrected chi connectivity index (χ4v) is 10.1. The number of ether oxygens (including phenoxy) is 2. The topological polar surface area (TPSA) is 139 Å². The Labute approximate surface area is 320 Å². The Balaban J connectivity index is 1.31. The highest BCUT2D eigenvalue weighted by Gasteiger charge is 2.77. The number of alkyl halides is 7. The van der Waals surface area contributed by atoms with Crippen LogP contribution in [0.15, 0.2) is 30.5 Å². The lowest BCUT2D eigenvalue weighted by molar-refractivity contribution is -0.138. The molecule has 5 aromatic rings. The number of halogens is 9. The van der Waals surface area contributed by atoms with Crippen molar-refractivity contribution in [2.24, 2.45) is 5.41 Å². The highest BCUT2D eigenvalue weighted by molar-refractivity contribution is 7.23. The summed E-state index contributed by atoms with van der Waals surface area (Å²) in [5.74, 6) is -7.40. The first kappa shape index (κ1) is 37.3. The van der Waals surface area contributed by atoms with Gasteiger partial charge in [0.2, 0.25) is 0 Å². The first-order valence-corrected chi connectivity index (χ1v) is 18.5. The Hall–Kier alpha value is -5.29. The number of anilines is 3. The van der Waals surface area contributed by atoms with Crippen molar-refractivity contribution in [2.45, 2.75) is 55.8 Å². The van der Waals surface area contributed by atoms with Gasteiger partial charge in [-0.25, -0.2) is 31.3 Å². The van der Waals surface area contributed by atoms with E-state index >= 15 is 30.7 Å². The average Bonchev–Trinajstić information content (AvgIpc) is 3.40. The van der Waals surface area contributed by atoms with E-state index < -0.39 is 116 Å². The number of nitrogens with two attached hydrogens (primary N) is 2. The summed E-state index contributed by atoms with van der Waals surface area (Å²) < 4.78 is 150. The fraction of sp³-hybridized carbons (Fsp3) is 0.405. The molecular weight excluding hydrogens is 792 g/mol. The van der Waals surface area contributed by atoms with Gasteiger partial charge in [0.1, 0.15) is 64.6 Å². The molecule has 9 rings (SSSR count). The average molecular weight is 821 g/mol. The van der Waals surface area contributed by atoms with Crippen LogP contribution in [0.4, 0.5) is 56.2 Å². The van der Waals surface area contributed by atoms with Crippen molar-refractivity contribution in [3.8, 4) is 29.0 Å². The molecule has 2 aromatic carbocycles. The van der Waals surface area contributed by atoms with Gasteiger partial charge < -0.3 is 25.8 Å². The lowest BCUT2D eigenvalue weighted by atomic mass is 9.89. The Kier molecular flexibility index (Phi) is 8.25. The van der Waals surface area contributed by atoms with Gasteiger partial charge >= 0.3 is 12.2 Å². The van der Waals surface area contributed by atoms with Crippen molar-refractivity contribution in [1.29, 1.82) is 5.26 Å². The maximum Gasteiger partial charge on any atom is 0.420 e. The van der Waals surface area contributed by atoms with Crippen LogP contribution in [0.2, 0.25) is 0 Å². The zero-order valence-electron chi connectivity index (χ0n) is 29.4. The van der Waals surface area contributed by atoms with E-state index in [1.54, 1.807) is 6.07 Å². The molecule has 0 radical (unpaired) electrons. The van der Waals surface area contributed by atoms with Crippen molar-refractivity contribution in [3.05, 3.63) is 58.8 Å². The highest BCUT2D eigenvalue weighted by atomic mass is 32.1. The fourth-order valence-electron chi connectivity index (χ4n) is 9.10. The van der Waals surface area contributed by atoms with Gasteiger partial charge in [-0.05, 0) is 43.5 Å². The second-order valence-corrected chi connectivity index (χ2v) is 15.9. The quantitative estimate of drug-likeness (QED) is 0.155. The molecule has 3 aromatic heterocycles. The largest absolute Gasteiger partial charge is 0.490 e. The number of rotatable bonds is 7. The van der Waals surface area contributed by atoms with Gasteiger partial charge in [0, 0.05) is 35.7 Å². The molecule has 4 aliphatic rings. The molecule has 3 fully saturated rings. The molecule has 1 spiro atoms. The zero-order valence-corrected chi connectivity index (χ0v) is 30.2. The second-order valence-electron chi connectivity index (χ2n) is 14.9. The van der Waals surface area contributed by atoms with Crippen molar-refractivity contribution >= 4 is 49.0 Å². The van der Waals surface area contributed by atoms with E-state index in [1.807, 2.05) is 4.90 Å². The molecule has 0 bridgehead atoms. The Bertz CT molecular complexity index is 2550. The number of nitrogens with zero attached hydrogens (tertiary/aromatic N) is 6. The molecule has 4 N–H and O–H groups in total. The van der Waals surface area contributed by atoms with Gasteiger partial charge in [0.05, 0.1) is 33.1 Å². The molecule has 1 aliphatic carbocycles. The van der Waals surface area contributed by atoms with Crippen LogP contribution in [0.25, 0.3) is 32.1 Å². The molecule has 3 aliphatic heterocycles. The number of nitriles is 1. The predicted octanol–water partition coefficient (Wildman–Crippen LogP) is 8.09. The van der Waals surface area contributed by atoms with Crippen LogP contribution in [0, 0.1) is 28.4 Å². The van der Waals surface area contributed by atoms with Crippen LogP contribution in [0.3, 0.4) is 0 Å². The number of benzene rings is 2. The van der Waals surface area contributed by atoms with E-state index in [0.29, 0.717) is 30.7 Å². The van der Waals surface area contributed by atoms with Crippen molar-refractivity contribution in [3.63, 3.8) is 0 Å². The summed E-state index contributed by atoms with van der Waals surface area (Å²) in [5, 5.41) is 8.57. The van der Waals surface area contributed by atoms with E-state index in [2.05, 4.69) is 15.0 Å². The predicted molar refractivity (Wildman–Crippen MR) is 190 cm³/mol. The normalized spacial score (nSPS) is 23.2. The van der Waals surface area contributed by atoms with Crippen molar-refractivity contribution in [1.82, 2.24) is 19.9 Å². The summed E-state index contributed by atoms with van der Waals surface area (Å²) in [7, 11) is 0. The van der Waals surface area contributed by atoms with Crippen LogP contribution in [0.1, 0.15) is 48.4 Å². The standard InChI is InChI=1S/C37H29F9N8O2S/c38-19-5-4-16(20-18(11-47)31(49)57-28(19)20)21-23(37(44,45)46)27-22-25(24(21)39)51-33(56-15-35-6-2-8-53(35)14-34(12-35)13-36(34,42)43)52-32(22)54(9-10-55-27)26(29(40)41)17-3-1-7-50-30(17)48/h1,3-5,7,26,29H,2,6,8-10,12-15,49H2,(H2,48,50)/t26-,34-,35-/m0/s1. The molecule has 0 unspecified atom stereocenters. The third-order valence-electron chi connectivity index (χ3n) is 11.7. The molecule has 1 saturated carbocycles. The minimum absolute atomic E-state index is 0.0737. The summed E-state index contributed by atoms with van der Waals surface area (Å²) in [5.41, 5.74) is 4.95. The molecule has 2 saturated heterocycles. The van der Waals surface area contributed by atoms with Gasteiger partial charge in [-0.1, -0.05) is 12.1 Å². The van der Waals surface area contributed by atoms with Crippen LogP contribution in [0.5, 0.6) is 11.8 Å². The van der Waals surface area contributed by atoms with Gasteiger partial charge in [0.25, 0.3) is 12.3 Å². The minimum Gasteiger partial charge on any atom is -0.490 e. The molecule has 6 heterocycles. The van der Waals surface area contributed by atoms with E-state index in [1.165, 1.54) is 18.3 Å². The van der Waals surface area contributed by atoms with E-state index in [-0.39, 0.29) is 47.1 Å². The summed E-state index contributed by atoms with van der Waals surface area (Å²) in [6.07, 6.45) is -6.53. The number of hydrogen-bond donors (Lipinski definition) is 2. The van der Waals surface area contributed by atoms with E-state index in [0.717, 1.165) is 17.0 Å². The van der Waals surface area contributed by atoms with Crippen LogP contribution < -0.4 is 25.8 Å². The van der Waals surface area contributed by atoms with Crippen LogP contribution in [-0.4, -0.2) is 70.6 Å². The lowest BCUT2D eigenvalue weighted by Gasteiger charge is -2.33. The van der Waals surface area contributed by atoms with Gasteiger partial charge in [-0.15, -0.1) is 11.3 Å². The van der Waals surface area contributed by atoms with Gasteiger partial charge in [-0.3, -0.25) is 4.90 Å². The highest BCUT2D eigenvalue weighted by Crippen LogP contribution is 2.69. The van der Waals surface area contributed by atoms with E-state index in [4.69, 9.17) is 20.9 Å². The Morgan fingerprint density at radius 2 is 1.84 bits per heavy atom. The molecule has 57 heavy (non-hydrogen) atoms. The summed E-state index contributed by atoms with van der Waals surface area (Å²) >= 11 is 0.582. The van der Waals surface area contributed by atoms with Crippen LogP contribution >= 0.6 is 11.3 Å². The summed E-state index contributed by atoms with van der Waals surface area (Å²) in [4.78, 5) is 15.3. The SMILES string of the molecule is N#Cc1c(N)sc2c(F)ccc(-c3c(C(F)(F)F)c4c5c(nc(OC[C@@]67CCCN6C[C@@]6(CC6(F)F)C7)nc5c3F)N([C@@H](c3cccnc3N)C(F)F)CCO4)c12. The number of pyridine rings is 1. The minimum atomic E-state index is -5.42. The molecule has 20 heteroatoms. The number of fused-ring (bicyclic) bond motifs is 2. The maximum absolute atomic E-state index is 17.5. The molecular formula is C37H29F9N8O2S. The number of aromatic nitrogens is 3. The number of nitrogen functional groups attached to an aromatic ring is 2. The molecule has 0 amide bonds. The van der Waals surface area contributed by atoms with Gasteiger partial charge in [0.15, 0.2) is 5.82 Å². The molecule has 298 valence electrons. The second kappa shape index (κ2) is 12.6. The molecule has 3 atom stereocenters. The lowest BCUT2D eigenvalue weighted by Crippen LogP contribution is -2.43. The first-order valence-electron chi connectivity index (χ1n) is 17.7. The van der Waals surface area contributed by atoms with Crippen molar-refractivity contribution in [2.75, 3.05) is 49.2 Å². The Morgan fingerprint density at radius 3 is 2.53 bits per heavy atom. The third kappa shape index (κ3) is 5.51. The Morgan fingerprint density at radius 1 is 1.07 bits per heavy atom. The van der Waals surface area contributed by atoms with Crippen LogP contribution in [-0.2, 0) is 6.18 Å². The van der Waals surface area contributed by atoms with Crippen molar-refractivity contribution < 1.29 is 49.0 Å². The number of hydrogen-bond acceptors (Lipinski definition) is 11. The first-order chi connectivity index (χ1) is 27.0. The zero-order chi connectivity index (χ0) is 40.4. The third-order valence-corrected chi connectivity index (χ3v) is 12.7. The monoisotopic (exact) mass is 820 g/mol. The maximum atomic E-state index is 17.5. The smallest absolute Gasteiger partial charge is 0.420 e. The number of thiophene rings is 1. The molecule has 10 nitrogen and oxygen atoms in total. The summed E-state index contributed by atoms with van der Waals surface area (Å²) in [6, 6.07) is 3.37.